The molecule has 156 valence electrons. The van der Waals surface area contributed by atoms with Crippen molar-refractivity contribution < 1.29 is 9.59 Å². The van der Waals surface area contributed by atoms with Gasteiger partial charge in [-0.3, -0.25) is 19.8 Å². The number of hydrogen-bond acceptors (Lipinski definition) is 5. The van der Waals surface area contributed by atoms with Crippen molar-refractivity contribution in [2.24, 2.45) is 0 Å². The summed E-state index contributed by atoms with van der Waals surface area (Å²) in [5, 5.41) is 3.42. The second-order valence-electron chi connectivity index (χ2n) is 6.96. The molecule has 0 saturated carbocycles. The highest BCUT2D eigenvalue weighted by atomic mass is 35.5. The lowest BCUT2D eigenvalue weighted by Crippen LogP contribution is -2.54. The van der Waals surface area contributed by atoms with Crippen LogP contribution in [0.1, 0.15) is 16.0 Å². The number of halogens is 1. The molecular formula is C23H17ClN2O2S3. The number of rotatable bonds is 4. The highest BCUT2D eigenvalue weighted by Gasteiger charge is 2.35. The number of anilines is 1. The summed E-state index contributed by atoms with van der Waals surface area (Å²) in [6.07, 6.45) is 1.62. The van der Waals surface area contributed by atoms with Crippen LogP contribution in [-0.4, -0.2) is 16.9 Å². The predicted octanol–water partition coefficient (Wildman–Crippen LogP) is 6.00. The van der Waals surface area contributed by atoms with E-state index in [0.29, 0.717) is 10.7 Å². The molecule has 4 rings (SSSR count). The lowest BCUT2D eigenvalue weighted by Gasteiger charge is -2.30. The predicted molar refractivity (Wildman–Crippen MR) is 132 cm³/mol. The van der Waals surface area contributed by atoms with Gasteiger partial charge in [0.2, 0.25) is 0 Å². The van der Waals surface area contributed by atoms with Crippen LogP contribution in [0.3, 0.4) is 0 Å². The molecule has 0 atom stereocenters. The highest BCUT2D eigenvalue weighted by molar-refractivity contribution is 8.01. The smallest absolute Gasteiger partial charge is 0.270 e. The Morgan fingerprint density at radius 3 is 2.55 bits per heavy atom. The number of thiophene rings is 1. The van der Waals surface area contributed by atoms with Crippen LogP contribution in [0, 0.1) is 13.8 Å². The van der Waals surface area contributed by atoms with Crippen LogP contribution in [-0.2, 0) is 9.59 Å². The van der Waals surface area contributed by atoms with Crippen LogP contribution >= 0.6 is 46.9 Å². The van der Waals surface area contributed by atoms with Crippen molar-refractivity contribution in [3.05, 3.63) is 81.2 Å². The summed E-state index contributed by atoms with van der Waals surface area (Å²) in [7, 11) is 0. The fraction of sp³-hybridized carbons (Fsp3) is 0.0870. The van der Waals surface area contributed by atoms with Gasteiger partial charge in [0.15, 0.2) is 5.11 Å². The zero-order valence-electron chi connectivity index (χ0n) is 16.6. The third-order valence-corrected chi connectivity index (χ3v) is 7.34. The third kappa shape index (κ3) is 4.75. The Hall–Kier alpha value is -2.45. The van der Waals surface area contributed by atoms with Crippen molar-refractivity contribution in [2.45, 2.75) is 23.0 Å². The maximum Gasteiger partial charge on any atom is 0.270 e. The molecule has 0 radical (unpaired) electrons. The van der Waals surface area contributed by atoms with Gasteiger partial charge in [-0.2, -0.15) is 0 Å². The Labute approximate surface area is 198 Å². The van der Waals surface area contributed by atoms with E-state index in [2.05, 4.69) is 5.32 Å². The van der Waals surface area contributed by atoms with Gasteiger partial charge in [-0.1, -0.05) is 35.5 Å². The Morgan fingerprint density at radius 1 is 1.06 bits per heavy atom. The summed E-state index contributed by atoms with van der Waals surface area (Å²) >= 11 is 14.3. The number of hydrogen-bond donors (Lipinski definition) is 1. The minimum Gasteiger partial charge on any atom is -0.298 e. The van der Waals surface area contributed by atoms with E-state index in [0.717, 1.165) is 25.1 Å². The van der Waals surface area contributed by atoms with Crippen LogP contribution in [0.4, 0.5) is 5.69 Å². The second kappa shape index (κ2) is 8.96. The van der Waals surface area contributed by atoms with E-state index in [4.69, 9.17) is 23.8 Å². The summed E-state index contributed by atoms with van der Waals surface area (Å²) in [5.74, 6) is -0.917. The van der Waals surface area contributed by atoms with Crippen molar-refractivity contribution in [2.75, 3.05) is 4.90 Å². The summed E-state index contributed by atoms with van der Waals surface area (Å²) in [6.45, 7) is 3.85. The van der Waals surface area contributed by atoms with Crippen LogP contribution in [0.5, 0.6) is 0 Å². The van der Waals surface area contributed by atoms with Gasteiger partial charge < -0.3 is 0 Å². The number of nitrogens with one attached hydrogen (secondary N) is 1. The number of amides is 2. The van der Waals surface area contributed by atoms with E-state index >= 15 is 0 Å². The molecule has 3 aromatic rings. The van der Waals surface area contributed by atoms with Gasteiger partial charge in [-0.25, -0.2) is 0 Å². The molecule has 1 aliphatic rings. The molecule has 0 unspecified atom stereocenters. The minimum absolute atomic E-state index is 0.0550. The Bertz CT molecular complexity index is 1230. The molecular weight excluding hydrogens is 468 g/mol. The Kier molecular flexibility index (Phi) is 6.29. The first kappa shape index (κ1) is 21.8. The first-order chi connectivity index (χ1) is 14.8. The molecule has 1 fully saturated rings. The fourth-order valence-corrected chi connectivity index (χ4v) is 5.53. The second-order valence-corrected chi connectivity index (χ2v) is 10.3. The number of carbonyl (C=O) groups excluding carboxylic acids is 2. The molecule has 1 N–H and O–H groups in total. The lowest BCUT2D eigenvalue weighted by atomic mass is 10.1. The molecule has 8 heteroatoms. The fourth-order valence-electron chi connectivity index (χ4n) is 3.06. The van der Waals surface area contributed by atoms with Crippen molar-refractivity contribution in [1.29, 1.82) is 0 Å². The quantitative estimate of drug-likeness (QED) is 0.280. The summed E-state index contributed by atoms with van der Waals surface area (Å²) in [5.41, 5.74) is 2.63. The average Bonchev–Trinajstić information content (AvgIpc) is 3.16. The van der Waals surface area contributed by atoms with Gasteiger partial charge in [-0.15, -0.1) is 11.3 Å². The molecule has 0 spiro atoms. The van der Waals surface area contributed by atoms with Crippen molar-refractivity contribution in [1.82, 2.24) is 5.32 Å². The van der Waals surface area contributed by atoms with E-state index in [1.165, 1.54) is 16.2 Å². The Morgan fingerprint density at radius 2 is 1.81 bits per heavy atom. The van der Waals surface area contributed by atoms with E-state index in [1.807, 2.05) is 68.4 Å². The molecule has 1 aliphatic heterocycles. The van der Waals surface area contributed by atoms with E-state index in [9.17, 15) is 9.59 Å². The van der Waals surface area contributed by atoms with Crippen molar-refractivity contribution in [3.63, 3.8) is 0 Å². The first-order valence-corrected chi connectivity index (χ1v) is 11.8. The van der Waals surface area contributed by atoms with E-state index in [-0.39, 0.29) is 10.7 Å². The Balaban J connectivity index is 1.62. The number of thiocarbonyl (C=S) groups is 1. The largest absolute Gasteiger partial charge is 0.298 e. The number of carbonyl (C=O) groups is 2. The van der Waals surface area contributed by atoms with Gasteiger partial charge >= 0.3 is 0 Å². The SMILES string of the molecule is Cc1ccc(C)c(N2C(=O)/C(=C/c3ccc(Sc4ccc(Cl)cc4)s3)C(=O)NC2=S)c1. The normalized spacial score (nSPS) is 15.5. The molecule has 2 heterocycles. The molecule has 2 amide bonds. The van der Waals surface area contributed by atoms with Gasteiger partial charge in [0.1, 0.15) is 5.57 Å². The monoisotopic (exact) mass is 484 g/mol. The number of benzene rings is 2. The minimum atomic E-state index is -0.489. The van der Waals surface area contributed by atoms with Gasteiger partial charge in [-0.05, 0) is 85.7 Å². The van der Waals surface area contributed by atoms with E-state index in [1.54, 1.807) is 17.8 Å². The average molecular weight is 485 g/mol. The summed E-state index contributed by atoms with van der Waals surface area (Å²) in [6, 6.07) is 17.2. The lowest BCUT2D eigenvalue weighted by molar-refractivity contribution is -0.122. The number of nitrogens with zero attached hydrogens (tertiary/aromatic N) is 1. The molecule has 1 aromatic heterocycles. The van der Waals surface area contributed by atoms with Crippen LogP contribution in [0.15, 0.2) is 69.3 Å². The topological polar surface area (TPSA) is 49.4 Å². The molecule has 31 heavy (non-hydrogen) atoms. The van der Waals surface area contributed by atoms with Gasteiger partial charge in [0.05, 0.1) is 9.90 Å². The van der Waals surface area contributed by atoms with Crippen LogP contribution < -0.4 is 10.2 Å². The standard InChI is InChI=1S/C23H17ClN2O2S3/c1-13-3-4-14(2)19(11-13)26-22(28)18(21(27)25-23(26)29)12-17-9-10-20(31-17)30-16-7-5-15(24)6-8-16/h3-12H,1-2H3,(H,25,27,29)/b18-12+. The van der Waals surface area contributed by atoms with Gasteiger partial charge in [0, 0.05) is 14.8 Å². The van der Waals surface area contributed by atoms with Crippen molar-refractivity contribution in [3.8, 4) is 0 Å². The maximum absolute atomic E-state index is 13.2. The van der Waals surface area contributed by atoms with E-state index < -0.39 is 11.8 Å². The molecule has 1 saturated heterocycles. The van der Waals surface area contributed by atoms with Crippen molar-refractivity contribution >= 4 is 75.6 Å². The molecule has 0 bridgehead atoms. The zero-order valence-corrected chi connectivity index (χ0v) is 19.8. The molecule has 4 nitrogen and oxygen atoms in total. The number of aryl methyl sites for hydroxylation is 2. The maximum atomic E-state index is 13.2. The molecule has 0 aliphatic carbocycles. The van der Waals surface area contributed by atoms with Crippen LogP contribution in [0.2, 0.25) is 5.02 Å². The van der Waals surface area contributed by atoms with Crippen LogP contribution in [0.25, 0.3) is 6.08 Å². The summed E-state index contributed by atoms with van der Waals surface area (Å²) < 4.78 is 1.04. The molecule has 2 aromatic carbocycles. The third-order valence-electron chi connectivity index (χ3n) is 4.63. The van der Waals surface area contributed by atoms with Gasteiger partial charge in [0.25, 0.3) is 11.8 Å². The highest BCUT2D eigenvalue weighted by Crippen LogP contribution is 2.35. The first-order valence-electron chi connectivity index (χ1n) is 9.34. The zero-order chi connectivity index (χ0) is 22.1. The summed E-state index contributed by atoms with van der Waals surface area (Å²) in [4.78, 5) is 29.0.